The number of carbonyl (C=O) groups excluding carboxylic acids is 1. The van der Waals surface area contributed by atoms with E-state index in [1.807, 2.05) is 20.8 Å². The van der Waals surface area contributed by atoms with Crippen LogP contribution in [0.25, 0.3) is 11.0 Å². The normalized spacial score (nSPS) is 16.6. The van der Waals surface area contributed by atoms with Crippen LogP contribution in [-0.2, 0) is 22.4 Å². The second kappa shape index (κ2) is 8.84. The van der Waals surface area contributed by atoms with E-state index in [4.69, 9.17) is 13.9 Å². The van der Waals surface area contributed by atoms with Crippen molar-refractivity contribution in [1.82, 2.24) is 5.32 Å². The van der Waals surface area contributed by atoms with E-state index in [9.17, 15) is 19.5 Å². The zero-order valence-electron chi connectivity index (χ0n) is 19.5. The van der Waals surface area contributed by atoms with E-state index in [0.717, 1.165) is 12.0 Å². The van der Waals surface area contributed by atoms with Crippen LogP contribution in [0.4, 0.5) is 0 Å². The van der Waals surface area contributed by atoms with Crippen molar-refractivity contribution in [3.63, 3.8) is 0 Å². The summed E-state index contributed by atoms with van der Waals surface area (Å²) in [5.41, 5.74) is 1.00. The minimum absolute atomic E-state index is 0.179. The largest absolute Gasteiger partial charge is 0.496 e. The molecule has 1 aliphatic rings. The van der Waals surface area contributed by atoms with Gasteiger partial charge in [0.25, 0.3) is 0 Å². The van der Waals surface area contributed by atoms with Gasteiger partial charge in [0, 0.05) is 11.6 Å². The highest BCUT2D eigenvalue weighted by molar-refractivity contribution is 5.93. The standard InChI is InChI=1S/C24H31NO7/c1-7-12(2)20(22(27)28)25-18(26)10-15-13(3)19-17(30-6)11-16-14(21(19)31-23(15)29)8-9-24(4,5)32-16/h11-12,20H,7-10H2,1-6H3,(H,25,26)(H,27,28)/t12-,20+/m1/s1. The molecule has 174 valence electrons. The quantitative estimate of drug-likeness (QED) is 0.628. The number of aliphatic carboxylic acids is 1. The van der Waals surface area contributed by atoms with E-state index >= 15 is 0 Å². The monoisotopic (exact) mass is 445 g/mol. The molecule has 0 aliphatic carbocycles. The summed E-state index contributed by atoms with van der Waals surface area (Å²) in [6.45, 7) is 9.35. The maximum atomic E-state index is 12.9. The summed E-state index contributed by atoms with van der Waals surface area (Å²) < 4.78 is 17.3. The number of carboxylic acids is 1. The summed E-state index contributed by atoms with van der Waals surface area (Å²) >= 11 is 0. The molecule has 8 nitrogen and oxygen atoms in total. The molecular formula is C24H31NO7. The first-order valence-corrected chi connectivity index (χ1v) is 10.9. The van der Waals surface area contributed by atoms with Gasteiger partial charge in [-0.3, -0.25) is 4.79 Å². The van der Waals surface area contributed by atoms with Gasteiger partial charge in [-0.1, -0.05) is 20.3 Å². The molecule has 32 heavy (non-hydrogen) atoms. The van der Waals surface area contributed by atoms with Gasteiger partial charge in [-0.25, -0.2) is 9.59 Å². The second-order valence-corrected chi connectivity index (χ2v) is 9.06. The van der Waals surface area contributed by atoms with Crippen LogP contribution >= 0.6 is 0 Å². The Balaban J connectivity index is 2.04. The number of rotatable bonds is 7. The summed E-state index contributed by atoms with van der Waals surface area (Å²) in [5, 5.41) is 12.6. The van der Waals surface area contributed by atoms with Gasteiger partial charge in [0.15, 0.2) is 0 Å². The fourth-order valence-corrected chi connectivity index (χ4v) is 4.12. The molecule has 0 unspecified atom stereocenters. The number of methoxy groups -OCH3 is 1. The zero-order chi connectivity index (χ0) is 23.8. The smallest absolute Gasteiger partial charge is 0.340 e. The average molecular weight is 446 g/mol. The number of hydrogen-bond acceptors (Lipinski definition) is 6. The van der Waals surface area contributed by atoms with Gasteiger partial charge in [-0.15, -0.1) is 0 Å². The van der Waals surface area contributed by atoms with E-state index in [-0.39, 0.29) is 23.5 Å². The SMILES string of the molecule is CC[C@@H](C)[C@H](NC(=O)Cc1c(C)c2c(OC)cc3c(c2oc1=O)CCC(C)(C)O3)C(=O)O. The summed E-state index contributed by atoms with van der Waals surface area (Å²) in [7, 11) is 1.52. The molecule has 1 aliphatic heterocycles. The van der Waals surface area contributed by atoms with Crippen molar-refractivity contribution in [2.24, 2.45) is 5.92 Å². The Kier molecular flexibility index (Phi) is 6.53. The first kappa shape index (κ1) is 23.6. The van der Waals surface area contributed by atoms with Gasteiger partial charge in [-0.2, -0.15) is 0 Å². The number of carbonyl (C=O) groups is 2. The number of ether oxygens (including phenoxy) is 2. The molecule has 2 aromatic rings. The number of nitrogens with one attached hydrogen (secondary N) is 1. The van der Waals surface area contributed by atoms with Crippen LogP contribution in [0.5, 0.6) is 11.5 Å². The molecule has 1 amide bonds. The van der Waals surface area contributed by atoms with E-state index in [1.54, 1.807) is 19.9 Å². The van der Waals surface area contributed by atoms with Crippen molar-refractivity contribution in [3.05, 3.63) is 33.2 Å². The molecule has 2 N–H and O–H groups in total. The summed E-state index contributed by atoms with van der Waals surface area (Å²) in [5.74, 6) is -0.791. The van der Waals surface area contributed by atoms with Crippen LogP contribution in [0.1, 0.15) is 57.2 Å². The highest BCUT2D eigenvalue weighted by Crippen LogP contribution is 2.43. The zero-order valence-corrected chi connectivity index (χ0v) is 19.5. The summed E-state index contributed by atoms with van der Waals surface area (Å²) in [4.78, 5) is 37.0. The van der Waals surface area contributed by atoms with Gasteiger partial charge in [-0.05, 0) is 45.1 Å². The topological polar surface area (TPSA) is 115 Å². The molecule has 0 saturated heterocycles. The van der Waals surface area contributed by atoms with E-state index in [0.29, 0.717) is 40.9 Å². The molecule has 0 radical (unpaired) electrons. The molecule has 0 bridgehead atoms. The maximum Gasteiger partial charge on any atom is 0.340 e. The van der Waals surface area contributed by atoms with E-state index in [2.05, 4.69) is 5.32 Å². The first-order chi connectivity index (χ1) is 15.0. The first-order valence-electron chi connectivity index (χ1n) is 10.9. The Morgan fingerprint density at radius 2 is 2.03 bits per heavy atom. The predicted octanol–water partition coefficient (Wildman–Crippen LogP) is 3.37. The van der Waals surface area contributed by atoms with Crippen LogP contribution in [0.2, 0.25) is 0 Å². The Hall–Kier alpha value is -3.03. The van der Waals surface area contributed by atoms with Crippen molar-refractivity contribution in [2.45, 2.75) is 71.9 Å². The van der Waals surface area contributed by atoms with E-state index < -0.39 is 23.5 Å². The van der Waals surface area contributed by atoms with Gasteiger partial charge < -0.3 is 24.3 Å². The molecule has 2 atom stereocenters. The second-order valence-electron chi connectivity index (χ2n) is 9.06. The van der Waals surface area contributed by atoms with Crippen LogP contribution in [-0.4, -0.2) is 35.7 Å². The number of hydrogen-bond donors (Lipinski definition) is 2. The van der Waals surface area contributed by atoms with Gasteiger partial charge in [0.05, 0.1) is 24.5 Å². The molecule has 8 heteroatoms. The lowest BCUT2D eigenvalue weighted by molar-refractivity contribution is -0.143. The van der Waals surface area contributed by atoms with Crippen molar-refractivity contribution in [2.75, 3.05) is 7.11 Å². The Labute approximate surface area is 186 Å². The van der Waals surface area contributed by atoms with Crippen LogP contribution < -0.4 is 20.4 Å². The average Bonchev–Trinajstić information content (AvgIpc) is 2.72. The third-order valence-electron chi connectivity index (χ3n) is 6.29. The third kappa shape index (κ3) is 4.45. The van der Waals surface area contributed by atoms with Crippen molar-refractivity contribution < 1.29 is 28.6 Å². The summed E-state index contributed by atoms with van der Waals surface area (Å²) in [6.07, 6.45) is 1.75. The number of fused-ring (bicyclic) bond motifs is 3. The lowest BCUT2D eigenvalue weighted by Crippen LogP contribution is -2.46. The van der Waals surface area contributed by atoms with Crippen LogP contribution in [0.3, 0.4) is 0 Å². The lowest BCUT2D eigenvalue weighted by Gasteiger charge is -2.33. The minimum atomic E-state index is -1.11. The Morgan fingerprint density at radius 3 is 2.62 bits per heavy atom. The molecule has 3 rings (SSSR count). The maximum absolute atomic E-state index is 12.9. The van der Waals surface area contributed by atoms with Crippen molar-refractivity contribution in [1.29, 1.82) is 0 Å². The fourth-order valence-electron chi connectivity index (χ4n) is 4.12. The lowest BCUT2D eigenvalue weighted by atomic mass is 9.91. The number of amides is 1. The molecule has 2 heterocycles. The summed E-state index contributed by atoms with van der Waals surface area (Å²) in [6, 6.07) is 0.765. The van der Waals surface area contributed by atoms with Crippen molar-refractivity contribution in [3.8, 4) is 11.5 Å². The Morgan fingerprint density at radius 1 is 1.34 bits per heavy atom. The molecular weight excluding hydrogens is 414 g/mol. The number of carboxylic acid groups (broad SMARTS) is 1. The van der Waals surface area contributed by atoms with Gasteiger partial charge in [0.2, 0.25) is 5.91 Å². The van der Waals surface area contributed by atoms with Crippen LogP contribution in [0.15, 0.2) is 15.3 Å². The third-order valence-corrected chi connectivity index (χ3v) is 6.29. The fraction of sp³-hybridized carbons (Fsp3) is 0.542. The molecule has 0 spiro atoms. The molecule has 0 fully saturated rings. The van der Waals surface area contributed by atoms with Gasteiger partial charge >= 0.3 is 11.6 Å². The van der Waals surface area contributed by atoms with Gasteiger partial charge in [0.1, 0.15) is 28.7 Å². The minimum Gasteiger partial charge on any atom is -0.496 e. The van der Waals surface area contributed by atoms with Crippen molar-refractivity contribution >= 4 is 22.8 Å². The highest BCUT2D eigenvalue weighted by Gasteiger charge is 2.32. The molecule has 1 aromatic carbocycles. The highest BCUT2D eigenvalue weighted by atomic mass is 16.5. The van der Waals surface area contributed by atoms with Crippen LogP contribution in [0, 0.1) is 12.8 Å². The predicted molar refractivity (Wildman–Crippen MR) is 120 cm³/mol. The molecule has 0 saturated carbocycles. The number of benzene rings is 1. The number of aryl methyl sites for hydroxylation is 2. The Bertz CT molecular complexity index is 1120. The molecule has 1 aromatic heterocycles. The van der Waals surface area contributed by atoms with E-state index in [1.165, 1.54) is 7.11 Å².